The number of nitrogens with one attached hydrogen (secondary N) is 2. The van der Waals surface area contributed by atoms with Crippen LogP contribution in [0.25, 0.3) is 0 Å². The molecular formula is C24H26ClF5N4O3S. The topological polar surface area (TPSA) is 90.9 Å². The van der Waals surface area contributed by atoms with E-state index in [-0.39, 0.29) is 47.9 Å². The average Bonchev–Trinajstić information content (AvgIpc) is 2.98. The molecule has 2 amide bonds. The predicted molar refractivity (Wildman–Crippen MR) is 136 cm³/mol. The van der Waals surface area contributed by atoms with Crippen LogP contribution in [0.1, 0.15) is 35.2 Å². The first-order valence-electron chi connectivity index (χ1n) is 11.5. The smallest absolute Gasteiger partial charge is 0.371 e. The Labute approximate surface area is 221 Å². The van der Waals surface area contributed by atoms with Gasteiger partial charge >= 0.3 is 6.18 Å². The molecule has 2 N–H and O–H groups in total. The van der Waals surface area contributed by atoms with Crippen LogP contribution in [0.5, 0.6) is 0 Å². The average molecular weight is 581 g/mol. The van der Waals surface area contributed by atoms with Crippen LogP contribution in [-0.2, 0) is 20.7 Å². The van der Waals surface area contributed by atoms with Crippen LogP contribution in [0.2, 0.25) is 5.02 Å². The molecule has 0 saturated carbocycles. The first kappa shape index (κ1) is 29.8. The second-order valence-electron chi connectivity index (χ2n) is 8.84. The molecule has 1 unspecified atom stereocenters. The fourth-order valence-corrected chi connectivity index (χ4v) is 5.47. The number of rotatable bonds is 6. The zero-order valence-corrected chi connectivity index (χ0v) is 22.1. The minimum atomic E-state index is -4.83. The SMILES string of the molecule is CNCC(=O)N=S(C)(=O)c1cccc(NC(=O)c2cc(Cl)c(C(F)(F)F)cc2N2CCCC(F)(F)CC2)c1. The van der Waals surface area contributed by atoms with Crippen molar-refractivity contribution >= 4 is 44.5 Å². The summed E-state index contributed by atoms with van der Waals surface area (Å²) in [6, 6.07) is 7.24. The first-order chi connectivity index (χ1) is 17.6. The van der Waals surface area contributed by atoms with Crippen molar-refractivity contribution in [1.82, 2.24) is 5.32 Å². The maximum atomic E-state index is 13.9. The zero-order valence-electron chi connectivity index (χ0n) is 20.5. The molecular weight excluding hydrogens is 555 g/mol. The summed E-state index contributed by atoms with van der Waals surface area (Å²) in [5, 5.41) is 4.41. The predicted octanol–water partition coefficient (Wildman–Crippen LogP) is 5.44. The number of carbonyl (C=O) groups excluding carboxylic acids is 2. The van der Waals surface area contributed by atoms with Crippen LogP contribution in [-0.4, -0.2) is 54.9 Å². The number of likely N-dealkylation sites (N-methyl/N-ethyl adjacent to an activating group) is 1. The molecule has 1 fully saturated rings. The maximum absolute atomic E-state index is 13.9. The molecule has 2 aromatic rings. The van der Waals surface area contributed by atoms with Gasteiger partial charge in [0, 0.05) is 42.8 Å². The molecule has 14 heteroatoms. The molecule has 208 valence electrons. The normalized spacial score (nSPS) is 17.3. The third-order valence-corrected chi connectivity index (χ3v) is 7.82. The highest BCUT2D eigenvalue weighted by atomic mass is 35.5. The quantitative estimate of drug-likeness (QED) is 0.444. The summed E-state index contributed by atoms with van der Waals surface area (Å²) in [4.78, 5) is 26.5. The van der Waals surface area contributed by atoms with Gasteiger partial charge in [0.25, 0.3) is 11.8 Å². The Morgan fingerprint density at radius 3 is 2.53 bits per heavy atom. The number of nitrogens with zero attached hydrogens (tertiary/aromatic N) is 2. The maximum Gasteiger partial charge on any atom is 0.417 e. The molecule has 1 heterocycles. The van der Waals surface area contributed by atoms with E-state index in [1.54, 1.807) is 0 Å². The number of amides is 2. The van der Waals surface area contributed by atoms with Crippen molar-refractivity contribution in [3.8, 4) is 0 Å². The minimum Gasteiger partial charge on any atom is -0.371 e. The van der Waals surface area contributed by atoms with Crippen molar-refractivity contribution in [3.63, 3.8) is 0 Å². The van der Waals surface area contributed by atoms with Gasteiger partial charge in [0.1, 0.15) is 0 Å². The van der Waals surface area contributed by atoms with Gasteiger partial charge in [0.15, 0.2) is 0 Å². The second-order valence-corrected chi connectivity index (χ2v) is 11.5. The Morgan fingerprint density at radius 1 is 1.16 bits per heavy atom. The summed E-state index contributed by atoms with van der Waals surface area (Å²) in [6.45, 7) is -0.368. The Morgan fingerprint density at radius 2 is 1.87 bits per heavy atom. The fraction of sp³-hybridized carbons (Fsp3) is 0.417. The molecule has 7 nitrogen and oxygen atoms in total. The van der Waals surface area contributed by atoms with Crippen molar-refractivity contribution in [2.24, 2.45) is 4.36 Å². The van der Waals surface area contributed by atoms with Crippen LogP contribution in [0.4, 0.5) is 33.3 Å². The van der Waals surface area contributed by atoms with E-state index in [0.717, 1.165) is 6.07 Å². The minimum absolute atomic E-state index is 0.0146. The van der Waals surface area contributed by atoms with Gasteiger partial charge in [-0.25, -0.2) is 13.0 Å². The van der Waals surface area contributed by atoms with Crippen LogP contribution < -0.4 is 15.5 Å². The van der Waals surface area contributed by atoms with E-state index in [1.807, 2.05) is 0 Å². The fourth-order valence-electron chi connectivity index (χ4n) is 3.97. The summed E-state index contributed by atoms with van der Waals surface area (Å²) in [6.07, 6.45) is -4.57. The molecule has 1 saturated heterocycles. The van der Waals surface area contributed by atoms with Crippen LogP contribution in [0, 0.1) is 0 Å². The van der Waals surface area contributed by atoms with Gasteiger partial charge < -0.3 is 15.5 Å². The highest BCUT2D eigenvalue weighted by molar-refractivity contribution is 7.93. The lowest BCUT2D eigenvalue weighted by atomic mass is 10.1. The lowest BCUT2D eigenvalue weighted by molar-refractivity contribution is -0.137. The zero-order chi connectivity index (χ0) is 28.3. The van der Waals surface area contributed by atoms with E-state index in [2.05, 4.69) is 15.0 Å². The van der Waals surface area contributed by atoms with Gasteiger partial charge in [-0.05, 0) is 43.8 Å². The third kappa shape index (κ3) is 7.41. The van der Waals surface area contributed by atoms with Crippen molar-refractivity contribution in [2.45, 2.75) is 36.3 Å². The Balaban J connectivity index is 2.00. The lowest BCUT2D eigenvalue weighted by Crippen LogP contribution is -2.29. The lowest BCUT2D eigenvalue weighted by Gasteiger charge is -2.27. The van der Waals surface area contributed by atoms with Crippen molar-refractivity contribution in [3.05, 3.63) is 52.5 Å². The number of benzene rings is 2. The number of halogens is 6. The van der Waals surface area contributed by atoms with Gasteiger partial charge in [0.2, 0.25) is 5.92 Å². The molecule has 1 aliphatic heterocycles. The molecule has 0 aromatic heterocycles. The number of anilines is 2. The van der Waals surface area contributed by atoms with Gasteiger partial charge in [-0.1, -0.05) is 17.7 Å². The largest absolute Gasteiger partial charge is 0.417 e. The standard InChI is InChI=1S/C24H26ClF5N4O3S/c1-31-14-21(35)33-38(2,37)16-6-3-5-15(11-16)32-22(36)17-12-19(25)18(24(28,29)30)13-20(17)34-9-4-7-23(26,27)8-10-34/h3,5-6,11-13,31H,4,7-10,14H2,1-2H3,(H,32,36). The van der Waals surface area contributed by atoms with Crippen LogP contribution in [0.3, 0.4) is 0 Å². The summed E-state index contributed by atoms with van der Waals surface area (Å²) in [5.41, 5.74) is -1.49. The third-order valence-electron chi connectivity index (χ3n) is 5.83. The number of hydrogen-bond donors (Lipinski definition) is 2. The van der Waals surface area contributed by atoms with E-state index < -0.39 is 57.1 Å². The molecule has 2 aromatic carbocycles. The summed E-state index contributed by atoms with van der Waals surface area (Å²) < 4.78 is 85.3. The number of alkyl halides is 5. The molecule has 0 bridgehead atoms. The monoisotopic (exact) mass is 580 g/mol. The van der Waals surface area contributed by atoms with E-state index >= 15 is 0 Å². The van der Waals surface area contributed by atoms with E-state index in [9.17, 15) is 35.8 Å². The molecule has 1 aliphatic rings. The molecule has 3 rings (SSSR count). The Kier molecular flexibility index (Phi) is 9.04. The van der Waals surface area contributed by atoms with Crippen molar-refractivity contribution in [1.29, 1.82) is 0 Å². The van der Waals surface area contributed by atoms with Gasteiger partial charge in [-0.3, -0.25) is 9.59 Å². The Hall–Kier alpha value is -2.77. The molecule has 0 radical (unpaired) electrons. The molecule has 1 atom stereocenters. The molecule has 0 spiro atoms. The highest BCUT2D eigenvalue weighted by Crippen LogP contribution is 2.40. The van der Waals surface area contributed by atoms with Crippen LogP contribution >= 0.6 is 11.6 Å². The number of carbonyl (C=O) groups is 2. The molecule has 0 aliphatic carbocycles. The van der Waals surface area contributed by atoms with E-state index in [1.165, 1.54) is 42.5 Å². The summed E-state index contributed by atoms with van der Waals surface area (Å²) >= 11 is 5.88. The molecule has 38 heavy (non-hydrogen) atoms. The highest BCUT2D eigenvalue weighted by Gasteiger charge is 2.37. The summed E-state index contributed by atoms with van der Waals surface area (Å²) in [5.74, 6) is -4.46. The van der Waals surface area contributed by atoms with E-state index in [4.69, 9.17) is 11.6 Å². The Bertz CT molecular complexity index is 1340. The summed E-state index contributed by atoms with van der Waals surface area (Å²) in [7, 11) is -1.64. The first-order valence-corrected chi connectivity index (χ1v) is 13.8. The van der Waals surface area contributed by atoms with Crippen molar-refractivity contribution in [2.75, 3.05) is 43.2 Å². The van der Waals surface area contributed by atoms with Gasteiger partial charge in [-0.15, -0.1) is 0 Å². The van der Waals surface area contributed by atoms with Crippen molar-refractivity contribution < 1.29 is 35.8 Å². The van der Waals surface area contributed by atoms with E-state index in [0.29, 0.717) is 6.07 Å². The van der Waals surface area contributed by atoms with Gasteiger partial charge in [0.05, 0.1) is 38.1 Å². The van der Waals surface area contributed by atoms with Crippen LogP contribution in [0.15, 0.2) is 45.7 Å². The number of hydrogen-bond acceptors (Lipinski definition) is 5. The second kappa shape index (κ2) is 11.5. The van der Waals surface area contributed by atoms with Gasteiger partial charge in [-0.2, -0.15) is 17.5 Å².